The van der Waals surface area contributed by atoms with Crippen molar-refractivity contribution in [2.24, 2.45) is 0 Å². The largest absolute Gasteiger partial charge is 0.461 e. The van der Waals surface area contributed by atoms with Crippen LogP contribution in [0.5, 0.6) is 0 Å². The van der Waals surface area contributed by atoms with Gasteiger partial charge in [-0.15, -0.1) is 0 Å². The van der Waals surface area contributed by atoms with Gasteiger partial charge in [-0.3, -0.25) is 0 Å². The fourth-order valence-electron chi connectivity index (χ4n) is 1.81. The van der Waals surface area contributed by atoms with Crippen molar-refractivity contribution in [1.29, 1.82) is 0 Å². The Labute approximate surface area is 105 Å². The van der Waals surface area contributed by atoms with Crippen LogP contribution in [0.4, 0.5) is 5.69 Å². The monoisotopic (exact) mass is 243 g/mol. The molecule has 5 heteroatoms. The van der Waals surface area contributed by atoms with Gasteiger partial charge in [0.1, 0.15) is 5.65 Å². The van der Waals surface area contributed by atoms with Crippen LogP contribution in [0, 0.1) is 6.57 Å². The maximum Gasteiger partial charge on any atom is 0.357 e. The maximum absolute atomic E-state index is 11.9. The molecule has 18 heavy (non-hydrogen) atoms. The highest BCUT2D eigenvalue weighted by molar-refractivity contribution is 5.90. The second-order valence-electron chi connectivity index (χ2n) is 3.71. The molecule has 0 spiro atoms. The van der Waals surface area contributed by atoms with Crippen molar-refractivity contribution in [3.8, 4) is 0 Å². The Hall–Kier alpha value is -2.35. The molecule has 0 aliphatic rings. The van der Waals surface area contributed by atoms with Gasteiger partial charge >= 0.3 is 5.97 Å². The molecule has 2 aromatic rings. The minimum Gasteiger partial charge on any atom is -0.461 e. The van der Waals surface area contributed by atoms with E-state index in [9.17, 15) is 4.79 Å². The van der Waals surface area contributed by atoms with Gasteiger partial charge in [-0.05, 0) is 19.4 Å². The van der Waals surface area contributed by atoms with Crippen molar-refractivity contribution in [3.63, 3.8) is 0 Å². The van der Waals surface area contributed by atoms with Crippen molar-refractivity contribution in [2.75, 3.05) is 6.61 Å². The first kappa shape index (κ1) is 12.1. The molecule has 2 rings (SSSR count). The number of carbonyl (C=O) groups excluding carboxylic acids is 1. The standard InChI is InChI=1S/C13H13N3O2/c1-4-10-12(13(17)18-5-2)16-8-9(14-3)6-7-11(16)15-10/h6-8H,4-5H2,1-2H3. The molecule has 0 unspecified atom stereocenters. The number of imidazole rings is 1. The molecule has 92 valence electrons. The number of fused-ring (bicyclic) bond motifs is 1. The zero-order valence-corrected chi connectivity index (χ0v) is 10.3. The van der Waals surface area contributed by atoms with Crippen molar-refractivity contribution < 1.29 is 9.53 Å². The number of aryl methyl sites for hydroxylation is 1. The predicted octanol–water partition coefficient (Wildman–Crippen LogP) is 2.62. The molecule has 0 atom stereocenters. The number of nitrogens with zero attached hydrogens (tertiary/aromatic N) is 3. The van der Waals surface area contributed by atoms with Crippen LogP contribution in [0.3, 0.4) is 0 Å². The van der Waals surface area contributed by atoms with E-state index in [2.05, 4.69) is 9.83 Å². The van der Waals surface area contributed by atoms with E-state index in [0.29, 0.717) is 35.8 Å². The van der Waals surface area contributed by atoms with Gasteiger partial charge in [0, 0.05) is 6.20 Å². The Balaban J connectivity index is 2.67. The van der Waals surface area contributed by atoms with Crippen LogP contribution in [-0.4, -0.2) is 22.0 Å². The van der Waals surface area contributed by atoms with Crippen LogP contribution in [-0.2, 0) is 11.2 Å². The normalized spacial score (nSPS) is 10.3. The second-order valence-corrected chi connectivity index (χ2v) is 3.71. The van der Waals surface area contributed by atoms with E-state index in [4.69, 9.17) is 11.3 Å². The zero-order chi connectivity index (χ0) is 13.1. The van der Waals surface area contributed by atoms with Crippen molar-refractivity contribution in [1.82, 2.24) is 9.38 Å². The van der Waals surface area contributed by atoms with Crippen LogP contribution in [0.15, 0.2) is 18.3 Å². The van der Waals surface area contributed by atoms with Crippen LogP contribution < -0.4 is 0 Å². The number of rotatable bonds is 3. The predicted molar refractivity (Wildman–Crippen MR) is 66.8 cm³/mol. The fourth-order valence-corrected chi connectivity index (χ4v) is 1.81. The highest BCUT2D eigenvalue weighted by Crippen LogP contribution is 2.19. The maximum atomic E-state index is 11.9. The van der Waals surface area contributed by atoms with Crippen LogP contribution in [0.2, 0.25) is 0 Å². The number of ether oxygens (including phenoxy) is 1. The van der Waals surface area contributed by atoms with Gasteiger partial charge in [0.05, 0.1) is 18.9 Å². The summed E-state index contributed by atoms with van der Waals surface area (Å²) >= 11 is 0. The quantitative estimate of drug-likeness (QED) is 0.615. The molecule has 0 saturated heterocycles. The number of hydrogen-bond donors (Lipinski definition) is 0. The summed E-state index contributed by atoms with van der Waals surface area (Å²) in [6.07, 6.45) is 2.25. The lowest BCUT2D eigenvalue weighted by Crippen LogP contribution is -2.10. The molecule has 0 aromatic carbocycles. The summed E-state index contributed by atoms with van der Waals surface area (Å²) in [4.78, 5) is 19.7. The fraction of sp³-hybridized carbons (Fsp3) is 0.308. The van der Waals surface area contributed by atoms with E-state index in [0.717, 1.165) is 0 Å². The van der Waals surface area contributed by atoms with Gasteiger partial charge in [-0.1, -0.05) is 13.0 Å². The number of esters is 1. The number of aromatic nitrogens is 2. The Morgan fingerprint density at radius 1 is 1.50 bits per heavy atom. The minimum atomic E-state index is -0.399. The topological polar surface area (TPSA) is 48.0 Å². The lowest BCUT2D eigenvalue weighted by molar-refractivity contribution is 0.0517. The van der Waals surface area contributed by atoms with Gasteiger partial charge < -0.3 is 9.14 Å². The molecule has 0 saturated carbocycles. The van der Waals surface area contributed by atoms with Gasteiger partial charge in [0.15, 0.2) is 5.69 Å². The minimum absolute atomic E-state index is 0.317. The average Bonchev–Trinajstić information content (AvgIpc) is 2.76. The summed E-state index contributed by atoms with van der Waals surface area (Å²) in [7, 11) is 0. The van der Waals surface area contributed by atoms with Gasteiger partial charge in [0.2, 0.25) is 5.69 Å². The van der Waals surface area contributed by atoms with E-state index in [1.54, 1.807) is 29.7 Å². The first-order valence-corrected chi connectivity index (χ1v) is 5.76. The SMILES string of the molecule is [C-]#[N+]c1ccc2nc(CC)c(C(=O)OCC)n2c1. The van der Waals surface area contributed by atoms with E-state index in [1.165, 1.54) is 0 Å². The van der Waals surface area contributed by atoms with E-state index in [-0.39, 0.29) is 0 Å². The smallest absolute Gasteiger partial charge is 0.357 e. The lowest BCUT2D eigenvalue weighted by atomic mass is 10.2. The summed E-state index contributed by atoms with van der Waals surface area (Å²) in [5.41, 5.74) is 2.23. The second kappa shape index (κ2) is 4.88. The Kier molecular flexibility index (Phi) is 3.28. The average molecular weight is 243 g/mol. The summed E-state index contributed by atoms with van der Waals surface area (Å²) in [5, 5.41) is 0. The van der Waals surface area contributed by atoms with Gasteiger partial charge in [-0.25, -0.2) is 14.6 Å². The Morgan fingerprint density at radius 3 is 2.89 bits per heavy atom. The van der Waals surface area contributed by atoms with E-state index >= 15 is 0 Å². The summed E-state index contributed by atoms with van der Waals surface area (Å²) in [5.74, 6) is -0.399. The molecule has 0 radical (unpaired) electrons. The molecule has 2 aromatic heterocycles. The van der Waals surface area contributed by atoms with Gasteiger partial charge in [-0.2, -0.15) is 0 Å². The molecular formula is C13H13N3O2. The van der Waals surface area contributed by atoms with Crippen LogP contribution >= 0.6 is 0 Å². The molecule has 0 bridgehead atoms. The summed E-state index contributed by atoms with van der Waals surface area (Å²) in [6, 6.07) is 3.42. The third kappa shape index (κ3) is 1.93. The third-order valence-electron chi connectivity index (χ3n) is 2.61. The zero-order valence-electron chi connectivity index (χ0n) is 10.3. The van der Waals surface area contributed by atoms with Gasteiger partial charge in [0.25, 0.3) is 0 Å². The first-order chi connectivity index (χ1) is 8.71. The molecule has 0 aliphatic carbocycles. The van der Waals surface area contributed by atoms with Crippen LogP contribution in [0.1, 0.15) is 30.0 Å². The molecule has 5 nitrogen and oxygen atoms in total. The Bertz CT molecular complexity index is 637. The number of pyridine rings is 1. The Morgan fingerprint density at radius 2 is 2.28 bits per heavy atom. The highest BCUT2D eigenvalue weighted by Gasteiger charge is 2.19. The highest BCUT2D eigenvalue weighted by atomic mass is 16.5. The molecule has 0 N–H and O–H groups in total. The van der Waals surface area contributed by atoms with Crippen LogP contribution in [0.25, 0.3) is 10.5 Å². The number of hydrogen-bond acceptors (Lipinski definition) is 3. The molecule has 0 aliphatic heterocycles. The summed E-state index contributed by atoms with van der Waals surface area (Å²) < 4.78 is 6.66. The van der Waals surface area contributed by atoms with Crippen molar-refractivity contribution in [3.05, 3.63) is 41.1 Å². The first-order valence-electron chi connectivity index (χ1n) is 5.76. The molecule has 2 heterocycles. The van der Waals surface area contributed by atoms with E-state index < -0.39 is 5.97 Å². The molecule has 0 fully saturated rings. The third-order valence-corrected chi connectivity index (χ3v) is 2.61. The summed E-state index contributed by atoms with van der Waals surface area (Å²) in [6.45, 7) is 11.0. The molecular weight excluding hydrogens is 230 g/mol. The van der Waals surface area contributed by atoms with Crippen molar-refractivity contribution in [2.45, 2.75) is 20.3 Å². The van der Waals surface area contributed by atoms with Crippen molar-refractivity contribution >= 4 is 17.3 Å². The van der Waals surface area contributed by atoms with E-state index in [1.807, 2.05) is 6.92 Å². The number of carbonyl (C=O) groups is 1. The molecule has 0 amide bonds. The lowest BCUT2D eigenvalue weighted by Gasteiger charge is -2.03.